The molecule has 2 aromatic rings. The van der Waals surface area contributed by atoms with Crippen LogP contribution in [0.1, 0.15) is 31.0 Å². The van der Waals surface area contributed by atoms with E-state index in [1.165, 1.54) is 18.2 Å². The maximum absolute atomic E-state index is 12.9. The number of ether oxygens (including phenoxy) is 1. The van der Waals surface area contributed by atoms with Gasteiger partial charge >= 0.3 is 13.2 Å². The van der Waals surface area contributed by atoms with Gasteiger partial charge in [0.15, 0.2) is 0 Å². The lowest BCUT2D eigenvalue weighted by molar-refractivity contribution is -0.127. The first-order valence-electron chi connectivity index (χ1n) is 10.4. The number of nitrogens with one attached hydrogen (secondary N) is 3. The highest BCUT2D eigenvalue weighted by molar-refractivity contribution is 6.43. The number of carbonyl (C=O) groups excluding carboxylic acids is 3. The third kappa shape index (κ3) is 8.87. The van der Waals surface area contributed by atoms with E-state index in [2.05, 4.69) is 16.0 Å². The molecule has 0 bridgehead atoms. The molecular weight excluding hydrogens is 484 g/mol. The van der Waals surface area contributed by atoms with Crippen LogP contribution < -0.4 is 16.0 Å². The number of hydrogen-bond donors (Lipinski definition) is 5. The molecule has 0 aliphatic carbocycles. The number of carbonyl (C=O) groups is 3. The van der Waals surface area contributed by atoms with Crippen LogP contribution in [0.15, 0.2) is 48.5 Å². The molecule has 0 spiro atoms. The maximum atomic E-state index is 12.9. The van der Waals surface area contributed by atoms with Crippen molar-refractivity contribution in [2.45, 2.75) is 32.4 Å². The predicted molar refractivity (Wildman–Crippen MR) is 129 cm³/mol. The monoisotopic (exact) mass is 509 g/mol. The molecule has 0 heterocycles. The van der Waals surface area contributed by atoms with Crippen LogP contribution in [0.3, 0.4) is 0 Å². The van der Waals surface area contributed by atoms with Gasteiger partial charge in [-0.25, -0.2) is 4.79 Å². The van der Waals surface area contributed by atoms with Crippen LogP contribution in [0, 0.1) is 5.92 Å². The fraction of sp³-hybridized carbons (Fsp3) is 0.318. The Hall–Kier alpha value is -2.79. The Balaban J connectivity index is 2.08. The van der Waals surface area contributed by atoms with Gasteiger partial charge in [0.25, 0.3) is 0 Å². The highest BCUT2D eigenvalue weighted by Gasteiger charge is 2.29. The smallest absolute Gasteiger partial charge is 0.445 e. The highest BCUT2D eigenvalue weighted by Crippen LogP contribution is 2.24. The minimum Gasteiger partial charge on any atom is -0.445 e. The van der Waals surface area contributed by atoms with Crippen LogP contribution in [0.25, 0.3) is 0 Å². The van der Waals surface area contributed by atoms with Crippen molar-refractivity contribution in [1.82, 2.24) is 16.0 Å². The first kappa shape index (κ1) is 27.5. The van der Waals surface area contributed by atoms with E-state index in [4.69, 9.17) is 27.9 Å². The number of amides is 3. The largest absolute Gasteiger partial charge is 0.475 e. The van der Waals surface area contributed by atoms with Gasteiger partial charge in [-0.3, -0.25) is 9.59 Å². The Morgan fingerprint density at radius 3 is 2.18 bits per heavy atom. The number of alkyl carbamates (subject to hydrolysis) is 1. The molecule has 0 saturated carbocycles. The summed E-state index contributed by atoms with van der Waals surface area (Å²) in [6.07, 6.45) is -0.868. The van der Waals surface area contributed by atoms with E-state index >= 15 is 0 Å². The van der Waals surface area contributed by atoms with Crippen molar-refractivity contribution in [2.24, 2.45) is 5.92 Å². The molecule has 182 valence electrons. The van der Waals surface area contributed by atoms with Crippen molar-refractivity contribution in [3.05, 3.63) is 69.7 Å². The third-order valence-corrected chi connectivity index (χ3v) is 5.18. The van der Waals surface area contributed by atoms with E-state index in [-0.39, 0.29) is 28.1 Å². The summed E-state index contributed by atoms with van der Waals surface area (Å²) in [4.78, 5) is 37.5. The van der Waals surface area contributed by atoms with Gasteiger partial charge in [-0.2, -0.15) is 0 Å². The van der Waals surface area contributed by atoms with Gasteiger partial charge in [0.1, 0.15) is 12.6 Å². The summed E-state index contributed by atoms with van der Waals surface area (Å²) in [5.41, 5.74) is 1.03. The molecule has 9 nitrogen and oxygen atoms in total. The summed E-state index contributed by atoms with van der Waals surface area (Å²) >= 11 is 12.1. The minimum atomic E-state index is -1.76. The van der Waals surface area contributed by atoms with E-state index in [9.17, 15) is 24.4 Å². The van der Waals surface area contributed by atoms with Gasteiger partial charge in [0, 0.05) is 10.0 Å². The van der Waals surface area contributed by atoms with Crippen molar-refractivity contribution < 1.29 is 29.2 Å². The van der Waals surface area contributed by atoms with Crippen LogP contribution in [0.4, 0.5) is 4.79 Å². The molecule has 0 aliphatic heterocycles. The first-order valence-corrected chi connectivity index (χ1v) is 11.2. The molecular formula is C22H26BCl2N3O6. The van der Waals surface area contributed by atoms with Gasteiger partial charge < -0.3 is 30.7 Å². The zero-order valence-electron chi connectivity index (χ0n) is 18.6. The quantitative estimate of drug-likeness (QED) is 0.311. The minimum absolute atomic E-state index is 0.0141. The molecule has 2 unspecified atom stereocenters. The molecule has 0 fully saturated rings. The van der Waals surface area contributed by atoms with Crippen LogP contribution in [0.5, 0.6) is 0 Å². The molecule has 2 rings (SSSR count). The average Bonchev–Trinajstić information content (AvgIpc) is 2.77. The Morgan fingerprint density at radius 2 is 1.62 bits per heavy atom. The van der Waals surface area contributed by atoms with Crippen LogP contribution in [0.2, 0.25) is 10.0 Å². The molecule has 34 heavy (non-hydrogen) atoms. The fourth-order valence-corrected chi connectivity index (χ4v) is 3.56. The van der Waals surface area contributed by atoms with Gasteiger partial charge in [-0.1, -0.05) is 67.4 Å². The summed E-state index contributed by atoms with van der Waals surface area (Å²) in [7, 11) is -1.76. The third-order valence-electron chi connectivity index (χ3n) is 4.75. The topological polar surface area (TPSA) is 137 Å². The van der Waals surface area contributed by atoms with E-state index in [1.807, 2.05) is 6.07 Å². The molecule has 2 atom stereocenters. The zero-order chi connectivity index (χ0) is 25.3. The number of halogens is 2. The lowest BCUT2D eigenvalue weighted by Crippen LogP contribution is -2.52. The summed E-state index contributed by atoms with van der Waals surface area (Å²) in [6.45, 7) is 2.92. The van der Waals surface area contributed by atoms with Gasteiger partial charge in [0.05, 0.1) is 12.5 Å². The Morgan fingerprint density at radius 1 is 1.00 bits per heavy atom. The second kappa shape index (κ2) is 13.2. The predicted octanol–water partition coefficient (Wildman–Crippen LogP) is 2.23. The van der Waals surface area contributed by atoms with Crippen LogP contribution in [-0.4, -0.2) is 47.6 Å². The van der Waals surface area contributed by atoms with E-state index in [1.54, 1.807) is 38.1 Å². The highest BCUT2D eigenvalue weighted by atomic mass is 35.5. The molecule has 3 amide bonds. The number of rotatable bonds is 10. The Kier molecular flexibility index (Phi) is 10.7. The lowest BCUT2D eigenvalue weighted by atomic mass is 9.73. The van der Waals surface area contributed by atoms with Gasteiger partial charge in [-0.05, 0) is 35.2 Å². The summed E-state index contributed by atoms with van der Waals surface area (Å²) < 4.78 is 5.19. The van der Waals surface area contributed by atoms with Crippen LogP contribution in [-0.2, 0) is 20.9 Å². The number of hydrogen-bond acceptors (Lipinski definition) is 6. The molecule has 0 saturated heterocycles. The van der Waals surface area contributed by atoms with Crippen molar-refractivity contribution in [1.29, 1.82) is 0 Å². The first-order chi connectivity index (χ1) is 16.1. The molecule has 5 N–H and O–H groups in total. The van der Waals surface area contributed by atoms with Crippen molar-refractivity contribution in [2.75, 3.05) is 6.54 Å². The lowest BCUT2D eigenvalue weighted by Gasteiger charge is -2.22. The van der Waals surface area contributed by atoms with Crippen molar-refractivity contribution in [3.63, 3.8) is 0 Å². The maximum Gasteiger partial charge on any atom is 0.475 e. The Bertz CT molecular complexity index is 966. The Labute approximate surface area is 207 Å². The van der Waals surface area contributed by atoms with E-state index in [0.29, 0.717) is 0 Å². The summed E-state index contributed by atoms with van der Waals surface area (Å²) in [5.74, 6) is -2.55. The number of benzene rings is 2. The second-order valence-electron chi connectivity index (χ2n) is 7.81. The van der Waals surface area contributed by atoms with Crippen LogP contribution >= 0.6 is 23.2 Å². The second-order valence-corrected chi connectivity index (χ2v) is 8.68. The fourth-order valence-electron chi connectivity index (χ4n) is 3.02. The van der Waals surface area contributed by atoms with Gasteiger partial charge in [-0.15, -0.1) is 0 Å². The average molecular weight is 510 g/mol. The van der Waals surface area contributed by atoms with E-state index < -0.39 is 43.6 Å². The molecule has 0 aromatic heterocycles. The normalized spacial score (nSPS) is 12.4. The SMILES string of the molecule is CC(C)C(NC(=O)CNC(=O)C(NC(=O)OCc1ccccc1)c1cc(Cl)cc(Cl)c1)B(O)O. The van der Waals surface area contributed by atoms with Crippen molar-refractivity contribution >= 4 is 48.2 Å². The summed E-state index contributed by atoms with van der Waals surface area (Å²) in [6, 6.07) is 12.1. The molecule has 0 radical (unpaired) electrons. The molecule has 0 aliphatic rings. The zero-order valence-corrected chi connectivity index (χ0v) is 20.1. The van der Waals surface area contributed by atoms with Gasteiger partial charge in [0.2, 0.25) is 11.8 Å². The standard InChI is InChI=1S/C22H26BCl2N3O6/c1-13(2)20(23(32)33)27-18(29)11-26-21(30)19(15-8-16(24)10-17(25)9-15)28-22(31)34-12-14-6-4-3-5-7-14/h3-10,13,19-20,32-33H,11-12H2,1-2H3,(H,26,30)(H,27,29)(H,28,31). The van der Waals surface area contributed by atoms with E-state index in [0.717, 1.165) is 5.56 Å². The molecule has 12 heteroatoms. The molecule has 2 aromatic carbocycles. The summed E-state index contributed by atoms with van der Waals surface area (Å²) in [5, 5.41) is 26.6. The van der Waals surface area contributed by atoms with Crippen molar-refractivity contribution in [3.8, 4) is 0 Å².